The summed E-state index contributed by atoms with van der Waals surface area (Å²) in [5, 5.41) is 10.4. The predicted octanol–water partition coefficient (Wildman–Crippen LogP) is 6.74. The predicted molar refractivity (Wildman–Crippen MR) is 123 cm³/mol. The van der Waals surface area contributed by atoms with Crippen LogP contribution in [0.25, 0.3) is 0 Å². The maximum Gasteiger partial charge on any atom is 0.389 e. The Morgan fingerprint density at radius 3 is 2.69 bits per heavy atom. The number of unbranched alkanes of at least 4 members (excludes halogenated alkanes) is 2. The van der Waals surface area contributed by atoms with Gasteiger partial charge in [0, 0.05) is 36.2 Å². The van der Waals surface area contributed by atoms with Crippen LogP contribution in [0.15, 0.2) is 65.3 Å². The molecule has 0 spiro atoms. The van der Waals surface area contributed by atoms with Crippen molar-refractivity contribution in [2.75, 3.05) is 5.75 Å². The second-order valence-electron chi connectivity index (χ2n) is 7.77. The maximum absolute atomic E-state index is 12.3. The summed E-state index contributed by atoms with van der Waals surface area (Å²) >= 11 is 1.54. The van der Waals surface area contributed by atoms with Crippen LogP contribution in [0.5, 0.6) is 0 Å². The number of carbonyl (C=O) groups is 1. The van der Waals surface area contributed by atoms with Crippen LogP contribution < -0.4 is 0 Å². The van der Waals surface area contributed by atoms with Gasteiger partial charge in [-0.25, -0.2) is 4.79 Å². The molecule has 1 aromatic rings. The minimum absolute atomic E-state index is 0.0222. The lowest BCUT2D eigenvalue weighted by atomic mass is 10.0. The highest BCUT2D eigenvalue weighted by Crippen LogP contribution is 2.41. The number of esters is 1. The van der Waals surface area contributed by atoms with E-state index < -0.39 is 24.7 Å². The molecule has 3 nitrogen and oxygen atoms in total. The Labute approximate surface area is 192 Å². The van der Waals surface area contributed by atoms with E-state index in [-0.39, 0.29) is 12.3 Å². The number of thioether (sulfide) groups is 1. The summed E-state index contributed by atoms with van der Waals surface area (Å²) in [6.45, 7) is 1.74. The highest BCUT2D eigenvalue weighted by molar-refractivity contribution is 8.03. The first kappa shape index (κ1) is 26.3. The van der Waals surface area contributed by atoms with Gasteiger partial charge in [0.2, 0.25) is 0 Å². The van der Waals surface area contributed by atoms with Crippen LogP contribution in [-0.2, 0) is 16.0 Å². The lowest BCUT2D eigenvalue weighted by molar-refractivity contribution is -0.136. The number of benzene rings is 1. The Morgan fingerprint density at radius 1 is 1.25 bits per heavy atom. The number of aliphatic hydroxyl groups is 1. The first-order valence-electron chi connectivity index (χ1n) is 11.0. The fourth-order valence-corrected chi connectivity index (χ4v) is 4.77. The number of allylic oxidation sites excluding steroid dienone is 4. The summed E-state index contributed by atoms with van der Waals surface area (Å²) in [5.41, 5.74) is 1.04. The van der Waals surface area contributed by atoms with E-state index in [1.807, 2.05) is 36.4 Å². The lowest BCUT2D eigenvalue weighted by Crippen LogP contribution is -2.07. The van der Waals surface area contributed by atoms with E-state index in [2.05, 4.69) is 0 Å². The smallest absolute Gasteiger partial charge is 0.389 e. The molecule has 0 saturated heterocycles. The number of aliphatic hydroxyl groups excluding tert-OH is 1. The van der Waals surface area contributed by atoms with Gasteiger partial charge in [-0.1, -0.05) is 55.0 Å². The monoisotopic (exact) mass is 468 g/mol. The molecule has 1 aliphatic rings. The van der Waals surface area contributed by atoms with Crippen LogP contribution in [-0.4, -0.2) is 29.1 Å². The van der Waals surface area contributed by atoms with Crippen LogP contribution in [0.1, 0.15) is 51.0 Å². The summed E-state index contributed by atoms with van der Waals surface area (Å²) in [4.78, 5) is 12.8. The molecule has 0 amide bonds. The topological polar surface area (TPSA) is 46.5 Å². The third kappa shape index (κ3) is 10.1. The molecule has 0 saturated carbocycles. The minimum Gasteiger partial charge on any atom is -0.427 e. The first-order valence-corrected chi connectivity index (χ1v) is 11.9. The maximum atomic E-state index is 12.3. The van der Waals surface area contributed by atoms with Gasteiger partial charge in [0.25, 0.3) is 0 Å². The number of halogens is 3. The number of hydrogen-bond donors (Lipinski definition) is 1. The Bertz CT molecular complexity index is 800. The summed E-state index contributed by atoms with van der Waals surface area (Å²) in [6, 6.07) is 9.72. The molecule has 7 heteroatoms. The van der Waals surface area contributed by atoms with Crippen molar-refractivity contribution in [1.82, 2.24) is 0 Å². The quantitative estimate of drug-likeness (QED) is 0.160. The number of carbonyl (C=O) groups excluding carboxylic acids is 1. The van der Waals surface area contributed by atoms with Crippen LogP contribution in [0.4, 0.5) is 13.2 Å². The SMILES string of the molecule is C/C=C/C(=O)OC1=C(SCCCCCC(F)(F)F)C(/C=C/C(O)Cc2ccccc2)CC1. The summed E-state index contributed by atoms with van der Waals surface area (Å²) in [5.74, 6) is 0.878. The highest BCUT2D eigenvalue weighted by Gasteiger charge is 2.28. The van der Waals surface area contributed by atoms with Crippen LogP contribution >= 0.6 is 11.8 Å². The lowest BCUT2D eigenvalue weighted by Gasteiger charge is -2.13. The molecule has 0 aromatic heterocycles. The third-order valence-electron chi connectivity index (χ3n) is 5.04. The summed E-state index contributed by atoms with van der Waals surface area (Å²) < 4.78 is 42.4. The molecular weight excluding hydrogens is 437 g/mol. The Hall–Kier alpha value is -1.99. The number of rotatable bonds is 12. The summed E-state index contributed by atoms with van der Waals surface area (Å²) in [7, 11) is 0. The van der Waals surface area contributed by atoms with Gasteiger partial charge in [-0.05, 0) is 37.5 Å². The zero-order valence-electron chi connectivity index (χ0n) is 18.3. The zero-order chi connectivity index (χ0) is 23.4. The van der Waals surface area contributed by atoms with E-state index in [4.69, 9.17) is 4.74 Å². The molecule has 0 aliphatic heterocycles. The van der Waals surface area contributed by atoms with Crippen molar-refractivity contribution >= 4 is 17.7 Å². The standard InChI is InChI=1S/C25H31F3O3S/c1-2-9-23(30)31-22-15-13-20(12-14-21(29)18-19-10-5-3-6-11-19)24(22)32-17-8-4-7-16-25(26,27)28/h2-3,5-6,9-12,14,20-21,29H,4,7-8,13,15-18H2,1H3/b9-2+,14-12+. The van der Waals surface area contributed by atoms with Gasteiger partial charge < -0.3 is 9.84 Å². The molecule has 2 unspecified atom stereocenters. The largest absolute Gasteiger partial charge is 0.427 e. The molecular formula is C25H31F3O3S. The van der Waals surface area contributed by atoms with Crippen molar-refractivity contribution in [1.29, 1.82) is 0 Å². The molecule has 1 N–H and O–H groups in total. The Balaban J connectivity index is 1.96. The van der Waals surface area contributed by atoms with Crippen LogP contribution in [0, 0.1) is 5.92 Å². The fraction of sp³-hybridized carbons (Fsp3) is 0.480. The van der Waals surface area contributed by atoms with Crippen molar-refractivity contribution in [3.05, 3.63) is 70.9 Å². The van der Waals surface area contributed by atoms with Crippen molar-refractivity contribution in [3.63, 3.8) is 0 Å². The summed E-state index contributed by atoms with van der Waals surface area (Å²) in [6.07, 6.45) is 4.41. The Kier molecular flexibility index (Phi) is 11.1. The Morgan fingerprint density at radius 2 is 2.00 bits per heavy atom. The molecule has 0 bridgehead atoms. The zero-order valence-corrected chi connectivity index (χ0v) is 19.1. The molecule has 0 heterocycles. The highest BCUT2D eigenvalue weighted by atomic mass is 32.2. The normalized spacial score (nSPS) is 18.1. The van der Waals surface area contributed by atoms with Crippen molar-refractivity contribution in [2.24, 2.45) is 5.92 Å². The van der Waals surface area contributed by atoms with E-state index in [9.17, 15) is 23.1 Å². The van der Waals surface area contributed by atoms with Crippen molar-refractivity contribution < 1.29 is 27.8 Å². The van der Waals surface area contributed by atoms with E-state index in [1.165, 1.54) is 17.8 Å². The molecule has 0 fully saturated rings. The minimum atomic E-state index is -4.11. The van der Waals surface area contributed by atoms with E-state index in [0.29, 0.717) is 37.2 Å². The molecule has 1 aromatic carbocycles. The van der Waals surface area contributed by atoms with Gasteiger partial charge in [-0.15, -0.1) is 11.8 Å². The van der Waals surface area contributed by atoms with Gasteiger partial charge >= 0.3 is 12.1 Å². The molecule has 0 radical (unpaired) electrons. The molecule has 2 rings (SSSR count). The number of alkyl halides is 3. The number of hydrogen-bond acceptors (Lipinski definition) is 4. The molecule has 2 atom stereocenters. The van der Waals surface area contributed by atoms with Gasteiger partial charge in [-0.2, -0.15) is 13.2 Å². The molecule has 1 aliphatic carbocycles. The van der Waals surface area contributed by atoms with E-state index >= 15 is 0 Å². The van der Waals surface area contributed by atoms with Crippen molar-refractivity contribution in [2.45, 2.75) is 64.1 Å². The van der Waals surface area contributed by atoms with Crippen molar-refractivity contribution in [3.8, 4) is 0 Å². The molecule has 32 heavy (non-hydrogen) atoms. The fourth-order valence-electron chi connectivity index (χ4n) is 3.48. The van der Waals surface area contributed by atoms with Gasteiger partial charge in [0.15, 0.2) is 0 Å². The van der Waals surface area contributed by atoms with Gasteiger partial charge in [-0.3, -0.25) is 0 Å². The average Bonchev–Trinajstić information content (AvgIpc) is 3.10. The van der Waals surface area contributed by atoms with E-state index in [0.717, 1.165) is 16.9 Å². The van der Waals surface area contributed by atoms with Gasteiger partial charge in [0.1, 0.15) is 5.76 Å². The molecule has 176 valence electrons. The van der Waals surface area contributed by atoms with E-state index in [1.54, 1.807) is 19.1 Å². The second kappa shape index (κ2) is 13.5. The second-order valence-corrected chi connectivity index (χ2v) is 8.91. The van der Waals surface area contributed by atoms with Crippen LogP contribution in [0.3, 0.4) is 0 Å². The first-order chi connectivity index (χ1) is 15.3. The average molecular weight is 469 g/mol. The van der Waals surface area contributed by atoms with Crippen LogP contribution in [0.2, 0.25) is 0 Å². The third-order valence-corrected chi connectivity index (χ3v) is 6.37. The number of ether oxygens (including phenoxy) is 1. The van der Waals surface area contributed by atoms with Gasteiger partial charge in [0.05, 0.1) is 6.10 Å².